The highest BCUT2D eigenvalue weighted by atomic mass is 16.8. The highest BCUT2D eigenvalue weighted by molar-refractivity contribution is 5.73. The predicted molar refractivity (Wildman–Crippen MR) is 88.0 cm³/mol. The topological polar surface area (TPSA) is 90.2 Å². The van der Waals surface area contributed by atoms with Crippen molar-refractivity contribution in [1.29, 1.82) is 0 Å². The SMILES string of the molecule is C1=Cc2ccccc2OC1.O=C(O)[C@H](Cc1ccccc1)N(O)O. The first-order chi connectivity index (χ1) is 11.6. The van der Waals surface area contributed by atoms with Crippen molar-refractivity contribution in [3.63, 3.8) is 0 Å². The third-order valence-corrected chi connectivity index (χ3v) is 3.39. The maximum Gasteiger partial charge on any atom is 0.326 e. The van der Waals surface area contributed by atoms with E-state index in [0.717, 1.165) is 11.3 Å². The molecule has 1 atom stereocenters. The quantitative estimate of drug-likeness (QED) is 0.747. The van der Waals surface area contributed by atoms with Crippen LogP contribution in [0.1, 0.15) is 11.1 Å². The second kappa shape index (κ2) is 8.83. The molecule has 6 heteroatoms. The molecule has 0 aliphatic carbocycles. The maximum absolute atomic E-state index is 10.6. The summed E-state index contributed by atoms with van der Waals surface area (Å²) >= 11 is 0. The first kappa shape index (κ1) is 17.7. The van der Waals surface area contributed by atoms with E-state index in [1.54, 1.807) is 30.3 Å². The number of fused-ring (bicyclic) bond motifs is 1. The van der Waals surface area contributed by atoms with Crippen LogP contribution in [0.4, 0.5) is 0 Å². The predicted octanol–water partition coefficient (Wildman–Crippen LogP) is 2.85. The van der Waals surface area contributed by atoms with Crippen molar-refractivity contribution >= 4 is 12.0 Å². The fourth-order valence-electron chi connectivity index (χ4n) is 2.17. The molecule has 6 nitrogen and oxygen atoms in total. The van der Waals surface area contributed by atoms with Gasteiger partial charge in [-0.2, -0.15) is 0 Å². The summed E-state index contributed by atoms with van der Waals surface area (Å²) in [6.07, 6.45) is 4.14. The number of aliphatic carboxylic acids is 1. The molecule has 126 valence electrons. The number of para-hydroxylation sites is 1. The molecule has 0 aromatic heterocycles. The Morgan fingerprint density at radius 2 is 1.75 bits per heavy atom. The molecule has 0 saturated carbocycles. The Labute approximate surface area is 139 Å². The maximum atomic E-state index is 10.6. The standard InChI is InChI=1S/C9H11NO4.C9H8O/c11-9(12)8(10(13)14)6-7-4-2-1-3-5-7;1-2-6-9-8(4-1)5-3-7-10-9/h1-5,8,13-14H,6H2,(H,11,12);1-6H,7H2/t8-;/m0./s1. The van der Waals surface area contributed by atoms with E-state index >= 15 is 0 Å². The van der Waals surface area contributed by atoms with Crippen LogP contribution >= 0.6 is 0 Å². The molecule has 1 aliphatic heterocycles. The summed E-state index contributed by atoms with van der Waals surface area (Å²) in [5.41, 5.74) is 1.90. The smallest absolute Gasteiger partial charge is 0.326 e. The molecule has 0 radical (unpaired) electrons. The number of carboxylic acid groups (broad SMARTS) is 1. The zero-order valence-corrected chi connectivity index (χ0v) is 12.9. The summed E-state index contributed by atoms with van der Waals surface area (Å²) in [5, 5.41) is 25.7. The van der Waals surface area contributed by atoms with Crippen molar-refractivity contribution in [3.05, 3.63) is 71.8 Å². The summed E-state index contributed by atoms with van der Waals surface area (Å²) in [6, 6.07) is 15.5. The third-order valence-electron chi connectivity index (χ3n) is 3.39. The number of hydroxylamine groups is 2. The van der Waals surface area contributed by atoms with Gasteiger partial charge < -0.3 is 9.84 Å². The van der Waals surface area contributed by atoms with Gasteiger partial charge in [0.05, 0.1) is 0 Å². The molecule has 1 heterocycles. The molecule has 3 N–H and O–H groups in total. The summed E-state index contributed by atoms with van der Waals surface area (Å²) < 4.78 is 5.34. The number of carboxylic acids is 1. The van der Waals surface area contributed by atoms with E-state index in [4.69, 9.17) is 20.3 Å². The number of hydrogen-bond donors (Lipinski definition) is 3. The van der Waals surface area contributed by atoms with Crippen molar-refractivity contribution < 1.29 is 25.1 Å². The first-order valence-corrected chi connectivity index (χ1v) is 7.40. The lowest BCUT2D eigenvalue weighted by Gasteiger charge is -2.15. The fraction of sp³-hybridized carbons (Fsp3) is 0.167. The van der Waals surface area contributed by atoms with Crippen molar-refractivity contribution in [1.82, 2.24) is 5.23 Å². The number of nitrogens with zero attached hydrogens (tertiary/aromatic N) is 1. The average Bonchev–Trinajstić information content (AvgIpc) is 2.61. The van der Waals surface area contributed by atoms with Crippen molar-refractivity contribution in [2.24, 2.45) is 0 Å². The molecule has 0 bridgehead atoms. The minimum Gasteiger partial charge on any atom is -0.489 e. The van der Waals surface area contributed by atoms with Gasteiger partial charge in [0.15, 0.2) is 6.04 Å². The molecule has 2 aromatic carbocycles. The second-order valence-electron chi connectivity index (χ2n) is 5.12. The summed E-state index contributed by atoms with van der Waals surface area (Å²) in [5.74, 6) is -0.288. The van der Waals surface area contributed by atoms with Gasteiger partial charge >= 0.3 is 5.97 Å². The lowest BCUT2D eigenvalue weighted by molar-refractivity contribution is -0.327. The first-order valence-electron chi connectivity index (χ1n) is 7.40. The highest BCUT2D eigenvalue weighted by Gasteiger charge is 2.23. The van der Waals surface area contributed by atoms with Gasteiger partial charge in [-0.3, -0.25) is 15.2 Å². The number of hydrogen-bond acceptors (Lipinski definition) is 5. The van der Waals surface area contributed by atoms with Crippen LogP contribution in [-0.4, -0.2) is 39.4 Å². The van der Waals surface area contributed by atoms with E-state index in [0.29, 0.717) is 6.61 Å². The van der Waals surface area contributed by atoms with Crippen molar-refractivity contribution in [2.45, 2.75) is 12.5 Å². The van der Waals surface area contributed by atoms with Gasteiger partial charge in [-0.1, -0.05) is 59.8 Å². The average molecular weight is 329 g/mol. The van der Waals surface area contributed by atoms with Gasteiger partial charge in [-0.15, -0.1) is 0 Å². The van der Waals surface area contributed by atoms with Crippen LogP contribution in [0.25, 0.3) is 6.08 Å². The van der Waals surface area contributed by atoms with Crippen LogP contribution in [-0.2, 0) is 11.2 Å². The van der Waals surface area contributed by atoms with Crippen LogP contribution < -0.4 is 4.74 Å². The third kappa shape index (κ3) is 5.20. The lowest BCUT2D eigenvalue weighted by atomic mass is 10.1. The highest BCUT2D eigenvalue weighted by Crippen LogP contribution is 2.21. The molecule has 0 fully saturated rings. The lowest BCUT2D eigenvalue weighted by Crippen LogP contribution is -2.38. The monoisotopic (exact) mass is 329 g/mol. The van der Waals surface area contributed by atoms with Crippen LogP contribution in [0.3, 0.4) is 0 Å². The van der Waals surface area contributed by atoms with Crippen LogP contribution in [0.2, 0.25) is 0 Å². The second-order valence-corrected chi connectivity index (χ2v) is 5.12. The zero-order valence-electron chi connectivity index (χ0n) is 12.9. The molecule has 0 amide bonds. The Kier molecular flexibility index (Phi) is 6.51. The Morgan fingerprint density at radius 3 is 2.38 bits per heavy atom. The molecule has 1 aliphatic rings. The number of benzene rings is 2. The molecule has 3 rings (SSSR count). The van der Waals surface area contributed by atoms with Gasteiger partial charge in [0.1, 0.15) is 12.4 Å². The van der Waals surface area contributed by atoms with E-state index < -0.39 is 12.0 Å². The van der Waals surface area contributed by atoms with Gasteiger partial charge in [-0.05, 0) is 17.7 Å². The molecular weight excluding hydrogens is 310 g/mol. The van der Waals surface area contributed by atoms with Gasteiger partial charge in [0, 0.05) is 12.0 Å². The summed E-state index contributed by atoms with van der Waals surface area (Å²) in [6.45, 7) is 0.705. The van der Waals surface area contributed by atoms with Crippen LogP contribution in [0.5, 0.6) is 5.75 Å². The van der Waals surface area contributed by atoms with Gasteiger partial charge in [-0.25, -0.2) is 0 Å². The van der Waals surface area contributed by atoms with E-state index in [1.807, 2.05) is 30.3 Å². The Balaban J connectivity index is 0.000000182. The summed E-state index contributed by atoms with van der Waals surface area (Å²) in [4.78, 5) is 10.6. The molecular formula is C18H19NO5. The summed E-state index contributed by atoms with van der Waals surface area (Å²) in [7, 11) is 0. The molecule has 2 aromatic rings. The Bertz CT molecular complexity index is 685. The van der Waals surface area contributed by atoms with Crippen molar-refractivity contribution in [2.75, 3.05) is 6.61 Å². The van der Waals surface area contributed by atoms with Gasteiger partial charge in [0.2, 0.25) is 0 Å². The largest absolute Gasteiger partial charge is 0.489 e. The minimum atomic E-state index is -1.34. The van der Waals surface area contributed by atoms with E-state index in [1.165, 1.54) is 5.56 Å². The van der Waals surface area contributed by atoms with Crippen LogP contribution in [0, 0.1) is 0 Å². The van der Waals surface area contributed by atoms with E-state index in [9.17, 15) is 4.79 Å². The van der Waals surface area contributed by atoms with E-state index in [2.05, 4.69) is 6.08 Å². The number of rotatable bonds is 4. The molecule has 0 spiro atoms. The molecule has 0 saturated heterocycles. The Morgan fingerprint density at radius 1 is 1.08 bits per heavy atom. The minimum absolute atomic E-state index is 0.0448. The zero-order chi connectivity index (χ0) is 17.4. The van der Waals surface area contributed by atoms with Crippen molar-refractivity contribution in [3.8, 4) is 5.75 Å². The normalized spacial score (nSPS) is 13.3. The Hall–Kier alpha value is -2.67. The van der Waals surface area contributed by atoms with E-state index in [-0.39, 0.29) is 11.6 Å². The number of carbonyl (C=O) groups is 1. The molecule has 24 heavy (non-hydrogen) atoms. The number of ether oxygens (including phenoxy) is 1. The van der Waals surface area contributed by atoms with Crippen LogP contribution in [0.15, 0.2) is 60.7 Å². The molecule has 0 unspecified atom stereocenters. The fourth-order valence-corrected chi connectivity index (χ4v) is 2.17. The van der Waals surface area contributed by atoms with Gasteiger partial charge in [0.25, 0.3) is 0 Å².